The number of sulfone groups is 1. The van der Waals surface area contributed by atoms with E-state index in [4.69, 9.17) is 0 Å². The van der Waals surface area contributed by atoms with Gasteiger partial charge in [-0.2, -0.15) is 0 Å². The molecule has 2 unspecified atom stereocenters. The van der Waals surface area contributed by atoms with Gasteiger partial charge >= 0.3 is 0 Å². The molecular weight excluding hydrogens is 198 g/mol. The first kappa shape index (κ1) is 10.4. The fraction of sp³-hybridized carbons (Fsp3) is 1.00. The summed E-state index contributed by atoms with van der Waals surface area (Å²) in [5, 5.41) is 3.31. The third-order valence-corrected chi connectivity index (χ3v) is 5.77. The number of rotatable bonds is 0. The van der Waals surface area contributed by atoms with Crippen molar-refractivity contribution in [3.63, 3.8) is 0 Å². The Bertz CT molecular complexity index is 284. The van der Waals surface area contributed by atoms with E-state index in [1.54, 1.807) is 0 Å². The summed E-state index contributed by atoms with van der Waals surface area (Å²) in [6.07, 6.45) is 6.18. The Labute approximate surface area is 86.2 Å². The molecule has 1 saturated carbocycles. The zero-order valence-corrected chi connectivity index (χ0v) is 9.35. The Kier molecular flexibility index (Phi) is 3.12. The van der Waals surface area contributed by atoms with Crippen molar-refractivity contribution in [3.05, 3.63) is 0 Å². The molecule has 0 spiro atoms. The molecule has 2 fully saturated rings. The van der Waals surface area contributed by atoms with Crippen LogP contribution in [0.5, 0.6) is 0 Å². The van der Waals surface area contributed by atoms with Crippen LogP contribution < -0.4 is 5.32 Å². The van der Waals surface area contributed by atoms with Crippen LogP contribution in [0.1, 0.15) is 38.5 Å². The van der Waals surface area contributed by atoms with E-state index in [9.17, 15) is 8.42 Å². The maximum absolute atomic E-state index is 11.9. The lowest BCUT2D eigenvalue weighted by molar-refractivity contribution is 0.466. The maximum Gasteiger partial charge on any atom is 0.154 e. The first-order valence-corrected chi connectivity index (χ1v) is 7.37. The van der Waals surface area contributed by atoms with E-state index in [2.05, 4.69) is 5.32 Å². The molecule has 3 nitrogen and oxygen atoms in total. The molecule has 14 heavy (non-hydrogen) atoms. The highest BCUT2D eigenvalue weighted by Gasteiger charge is 2.35. The van der Waals surface area contributed by atoms with E-state index in [-0.39, 0.29) is 11.3 Å². The van der Waals surface area contributed by atoms with Crippen LogP contribution in [0.4, 0.5) is 0 Å². The summed E-state index contributed by atoms with van der Waals surface area (Å²) in [5.74, 6) is 0.390. The predicted molar refractivity (Wildman–Crippen MR) is 57.1 cm³/mol. The molecule has 0 amide bonds. The molecule has 2 aliphatic rings. The lowest BCUT2D eigenvalue weighted by atomic mass is 10.1. The largest absolute Gasteiger partial charge is 0.313 e. The molecule has 1 saturated heterocycles. The van der Waals surface area contributed by atoms with Crippen molar-refractivity contribution in [3.8, 4) is 0 Å². The lowest BCUT2D eigenvalue weighted by Crippen LogP contribution is -2.41. The van der Waals surface area contributed by atoms with E-state index < -0.39 is 9.84 Å². The van der Waals surface area contributed by atoms with Gasteiger partial charge in [-0.15, -0.1) is 0 Å². The van der Waals surface area contributed by atoms with Gasteiger partial charge in [-0.25, -0.2) is 8.42 Å². The summed E-state index contributed by atoms with van der Waals surface area (Å²) >= 11 is 0. The zero-order chi connectivity index (χ0) is 10.0. The van der Waals surface area contributed by atoms with Crippen LogP contribution >= 0.6 is 0 Å². The van der Waals surface area contributed by atoms with Crippen molar-refractivity contribution in [2.75, 3.05) is 12.3 Å². The minimum Gasteiger partial charge on any atom is -0.313 e. The van der Waals surface area contributed by atoms with E-state index in [0.29, 0.717) is 5.75 Å². The van der Waals surface area contributed by atoms with E-state index in [0.717, 1.165) is 32.2 Å². The summed E-state index contributed by atoms with van der Waals surface area (Å²) in [6.45, 7) is 0.875. The van der Waals surface area contributed by atoms with Crippen LogP contribution in [-0.4, -0.2) is 32.0 Å². The third kappa shape index (κ3) is 2.11. The minimum atomic E-state index is -2.81. The molecule has 0 bridgehead atoms. The van der Waals surface area contributed by atoms with Gasteiger partial charge in [-0.05, 0) is 25.8 Å². The molecule has 82 valence electrons. The lowest BCUT2D eigenvalue weighted by Gasteiger charge is -2.22. The van der Waals surface area contributed by atoms with Gasteiger partial charge in [0, 0.05) is 6.04 Å². The normalized spacial score (nSPS) is 38.0. The summed E-state index contributed by atoms with van der Waals surface area (Å²) in [7, 11) is -2.81. The first-order valence-electron chi connectivity index (χ1n) is 5.65. The molecule has 1 N–H and O–H groups in total. The Balaban J connectivity index is 2.21. The Morgan fingerprint density at radius 1 is 1.00 bits per heavy atom. The highest BCUT2D eigenvalue weighted by Crippen LogP contribution is 2.26. The van der Waals surface area contributed by atoms with Gasteiger partial charge in [-0.3, -0.25) is 0 Å². The minimum absolute atomic E-state index is 0.0903. The molecule has 0 aromatic rings. The molecule has 1 aliphatic carbocycles. The first-order chi connectivity index (χ1) is 6.70. The van der Waals surface area contributed by atoms with E-state index in [1.165, 1.54) is 12.8 Å². The fourth-order valence-corrected chi connectivity index (χ4v) is 4.76. The highest BCUT2D eigenvalue weighted by molar-refractivity contribution is 7.92. The molecule has 1 heterocycles. The Morgan fingerprint density at radius 2 is 1.79 bits per heavy atom. The maximum atomic E-state index is 11.9. The molecule has 0 radical (unpaired) electrons. The quantitative estimate of drug-likeness (QED) is 0.661. The van der Waals surface area contributed by atoms with Crippen LogP contribution in [0.25, 0.3) is 0 Å². The summed E-state index contributed by atoms with van der Waals surface area (Å²) in [5.41, 5.74) is 0. The fourth-order valence-electron chi connectivity index (χ4n) is 2.65. The second kappa shape index (κ2) is 4.19. The van der Waals surface area contributed by atoms with Crippen molar-refractivity contribution in [1.82, 2.24) is 5.32 Å². The van der Waals surface area contributed by atoms with Gasteiger partial charge in [0.25, 0.3) is 0 Å². The Morgan fingerprint density at radius 3 is 2.64 bits per heavy atom. The van der Waals surface area contributed by atoms with Crippen molar-refractivity contribution in [1.29, 1.82) is 0 Å². The van der Waals surface area contributed by atoms with Crippen LogP contribution in [-0.2, 0) is 9.84 Å². The SMILES string of the molecule is O=S1(=O)CCCNC2CCCCCC21. The van der Waals surface area contributed by atoms with Gasteiger partial charge < -0.3 is 5.32 Å². The predicted octanol–water partition coefficient (Wildman–Crippen LogP) is 1.10. The summed E-state index contributed by atoms with van der Waals surface area (Å²) in [4.78, 5) is 0. The average Bonchev–Trinajstić information content (AvgIpc) is 2.42. The molecule has 2 atom stereocenters. The second-order valence-electron chi connectivity index (χ2n) is 4.46. The number of hydrogen-bond acceptors (Lipinski definition) is 3. The molecular formula is C10H19NO2S. The molecule has 0 aromatic heterocycles. The molecule has 4 heteroatoms. The van der Waals surface area contributed by atoms with E-state index >= 15 is 0 Å². The van der Waals surface area contributed by atoms with Gasteiger partial charge in [-0.1, -0.05) is 19.3 Å². The number of hydrogen-bond donors (Lipinski definition) is 1. The highest BCUT2D eigenvalue weighted by atomic mass is 32.2. The van der Waals surface area contributed by atoms with Crippen molar-refractivity contribution >= 4 is 9.84 Å². The molecule has 2 rings (SSSR count). The van der Waals surface area contributed by atoms with Gasteiger partial charge in [0.05, 0.1) is 11.0 Å². The van der Waals surface area contributed by atoms with Crippen LogP contribution in [0.15, 0.2) is 0 Å². The topological polar surface area (TPSA) is 46.2 Å². The van der Waals surface area contributed by atoms with Gasteiger partial charge in [0.2, 0.25) is 0 Å². The second-order valence-corrected chi connectivity index (χ2v) is 6.80. The molecule has 0 aromatic carbocycles. The van der Waals surface area contributed by atoms with Crippen molar-refractivity contribution < 1.29 is 8.42 Å². The molecule has 1 aliphatic heterocycles. The standard InChI is InChI=1S/C10H19NO2S/c12-14(13)8-4-7-11-9-5-2-1-3-6-10(9)14/h9-11H,1-8H2. The van der Waals surface area contributed by atoms with Crippen LogP contribution in [0, 0.1) is 0 Å². The van der Waals surface area contributed by atoms with E-state index in [1.807, 2.05) is 0 Å². The van der Waals surface area contributed by atoms with Gasteiger partial charge in [0.1, 0.15) is 0 Å². The van der Waals surface area contributed by atoms with Crippen LogP contribution in [0.3, 0.4) is 0 Å². The summed E-state index contributed by atoms with van der Waals surface area (Å²) < 4.78 is 23.9. The smallest absolute Gasteiger partial charge is 0.154 e. The monoisotopic (exact) mass is 217 g/mol. The number of fused-ring (bicyclic) bond motifs is 1. The number of nitrogens with one attached hydrogen (secondary N) is 1. The van der Waals surface area contributed by atoms with Crippen LogP contribution in [0.2, 0.25) is 0 Å². The van der Waals surface area contributed by atoms with Gasteiger partial charge in [0.15, 0.2) is 9.84 Å². The zero-order valence-electron chi connectivity index (χ0n) is 8.54. The average molecular weight is 217 g/mol. The Hall–Kier alpha value is -0.0900. The third-order valence-electron chi connectivity index (χ3n) is 3.43. The van der Waals surface area contributed by atoms with Crippen molar-refractivity contribution in [2.45, 2.75) is 49.8 Å². The summed E-state index contributed by atoms with van der Waals surface area (Å²) in [6, 6.07) is 0.241. The van der Waals surface area contributed by atoms with Crippen molar-refractivity contribution in [2.24, 2.45) is 0 Å².